The third kappa shape index (κ3) is 5.98. The summed E-state index contributed by atoms with van der Waals surface area (Å²) < 4.78 is 2.26. The van der Waals surface area contributed by atoms with Gasteiger partial charge in [-0.05, 0) is 25.2 Å². The second-order valence-corrected chi connectivity index (χ2v) is 6.73. The summed E-state index contributed by atoms with van der Waals surface area (Å²) in [4.78, 5) is 4.61. The van der Waals surface area contributed by atoms with Crippen LogP contribution in [0.1, 0.15) is 71.9 Å². The van der Waals surface area contributed by atoms with E-state index in [1.807, 2.05) is 0 Å². The molecule has 0 saturated heterocycles. The summed E-state index contributed by atoms with van der Waals surface area (Å²) in [5, 5.41) is 3.56. The molecule has 3 nitrogen and oxygen atoms in total. The molecule has 0 unspecified atom stereocenters. The van der Waals surface area contributed by atoms with Gasteiger partial charge in [-0.3, -0.25) is 0 Å². The van der Waals surface area contributed by atoms with Crippen molar-refractivity contribution in [2.75, 3.05) is 11.9 Å². The van der Waals surface area contributed by atoms with Gasteiger partial charge >= 0.3 is 0 Å². The topological polar surface area (TPSA) is 29.9 Å². The summed E-state index contributed by atoms with van der Waals surface area (Å²) in [6.07, 6.45) is 9.83. The molecule has 0 aliphatic rings. The molecular weight excluding hydrogens is 246 g/mol. The second kappa shape index (κ2) is 8.33. The Bertz CT molecular complexity index is 380. The fraction of sp³-hybridized carbons (Fsp3) is 0.824. The molecule has 0 spiro atoms. The summed E-state index contributed by atoms with van der Waals surface area (Å²) in [6, 6.07) is 0. The number of imidazole rings is 1. The molecule has 1 aromatic heterocycles. The maximum absolute atomic E-state index is 4.61. The van der Waals surface area contributed by atoms with Crippen molar-refractivity contribution in [2.24, 2.45) is 5.41 Å². The lowest BCUT2D eigenvalue weighted by molar-refractivity contribution is 0.341. The second-order valence-electron chi connectivity index (χ2n) is 6.73. The summed E-state index contributed by atoms with van der Waals surface area (Å²) in [5.74, 6) is 1.04. The average molecular weight is 279 g/mol. The number of nitrogens with one attached hydrogen (secondary N) is 1. The van der Waals surface area contributed by atoms with E-state index in [0.717, 1.165) is 24.7 Å². The molecule has 1 aromatic rings. The number of hydrogen-bond donors (Lipinski definition) is 1. The van der Waals surface area contributed by atoms with E-state index in [1.165, 1.54) is 38.5 Å². The summed E-state index contributed by atoms with van der Waals surface area (Å²) in [7, 11) is 0. The van der Waals surface area contributed by atoms with Crippen LogP contribution in [0.15, 0.2) is 6.20 Å². The molecule has 0 radical (unpaired) electrons. The lowest BCUT2D eigenvalue weighted by atomic mass is 9.87. The van der Waals surface area contributed by atoms with Gasteiger partial charge < -0.3 is 9.88 Å². The molecule has 1 rings (SSSR count). The van der Waals surface area contributed by atoms with Crippen molar-refractivity contribution in [1.82, 2.24) is 9.55 Å². The van der Waals surface area contributed by atoms with Crippen LogP contribution >= 0.6 is 0 Å². The van der Waals surface area contributed by atoms with Crippen LogP contribution in [0.3, 0.4) is 0 Å². The van der Waals surface area contributed by atoms with Crippen molar-refractivity contribution in [1.29, 1.82) is 0 Å². The fourth-order valence-corrected chi connectivity index (χ4v) is 2.45. The molecule has 0 bridgehead atoms. The SMILES string of the molecule is CCCCCC(C)(C)CNc1nc(C)cn1CCCC. The molecule has 0 aromatic carbocycles. The van der Waals surface area contributed by atoms with Crippen molar-refractivity contribution < 1.29 is 0 Å². The molecule has 0 aliphatic carbocycles. The van der Waals surface area contributed by atoms with Crippen LogP contribution in [0, 0.1) is 12.3 Å². The Labute approximate surface area is 125 Å². The highest BCUT2D eigenvalue weighted by molar-refractivity contribution is 5.29. The number of rotatable bonds is 10. The monoisotopic (exact) mass is 279 g/mol. The normalized spacial score (nSPS) is 11.8. The third-order valence-electron chi connectivity index (χ3n) is 3.83. The van der Waals surface area contributed by atoms with Gasteiger partial charge in [-0.15, -0.1) is 0 Å². The van der Waals surface area contributed by atoms with Crippen molar-refractivity contribution >= 4 is 5.95 Å². The van der Waals surface area contributed by atoms with Crippen LogP contribution < -0.4 is 5.32 Å². The molecule has 0 fully saturated rings. The zero-order valence-electron chi connectivity index (χ0n) is 14.1. The fourth-order valence-electron chi connectivity index (χ4n) is 2.45. The van der Waals surface area contributed by atoms with E-state index in [0.29, 0.717) is 5.41 Å². The average Bonchev–Trinajstić information content (AvgIpc) is 2.75. The highest BCUT2D eigenvalue weighted by Crippen LogP contribution is 2.24. The molecule has 0 atom stereocenters. The number of aromatic nitrogens is 2. The minimum absolute atomic E-state index is 0.338. The standard InChI is InChI=1S/C17H33N3/c1-6-8-10-11-17(4,5)14-18-16-19-15(3)13-20(16)12-9-7-2/h13H,6-12,14H2,1-5H3,(H,18,19). The van der Waals surface area contributed by atoms with Gasteiger partial charge in [-0.25, -0.2) is 4.98 Å². The van der Waals surface area contributed by atoms with Crippen LogP contribution in [0.5, 0.6) is 0 Å². The maximum Gasteiger partial charge on any atom is 0.203 e. The Morgan fingerprint density at radius 2 is 1.85 bits per heavy atom. The van der Waals surface area contributed by atoms with Crippen LogP contribution in [0.2, 0.25) is 0 Å². The van der Waals surface area contributed by atoms with E-state index in [4.69, 9.17) is 0 Å². The minimum Gasteiger partial charge on any atom is -0.355 e. The predicted molar refractivity (Wildman–Crippen MR) is 88.3 cm³/mol. The van der Waals surface area contributed by atoms with Gasteiger partial charge in [0.2, 0.25) is 5.95 Å². The molecule has 0 aliphatic heterocycles. The van der Waals surface area contributed by atoms with E-state index in [9.17, 15) is 0 Å². The first-order chi connectivity index (χ1) is 9.48. The number of aryl methyl sites for hydroxylation is 2. The third-order valence-corrected chi connectivity index (χ3v) is 3.83. The van der Waals surface area contributed by atoms with Gasteiger partial charge in [0.05, 0.1) is 5.69 Å². The van der Waals surface area contributed by atoms with Crippen LogP contribution in [0.25, 0.3) is 0 Å². The summed E-state index contributed by atoms with van der Waals surface area (Å²) in [5.41, 5.74) is 1.44. The van der Waals surface area contributed by atoms with Gasteiger partial charge in [0, 0.05) is 19.3 Å². The Morgan fingerprint density at radius 3 is 2.50 bits per heavy atom. The number of anilines is 1. The summed E-state index contributed by atoms with van der Waals surface area (Å²) in [6.45, 7) is 13.3. The number of hydrogen-bond acceptors (Lipinski definition) is 2. The van der Waals surface area contributed by atoms with Crippen LogP contribution in [-0.4, -0.2) is 16.1 Å². The maximum atomic E-state index is 4.61. The highest BCUT2D eigenvalue weighted by Gasteiger charge is 2.18. The predicted octanol–water partition coefficient (Wildman–Crippen LogP) is 5.01. The Balaban J connectivity index is 2.51. The van der Waals surface area contributed by atoms with Gasteiger partial charge in [-0.1, -0.05) is 53.4 Å². The molecule has 20 heavy (non-hydrogen) atoms. The first-order valence-electron chi connectivity index (χ1n) is 8.26. The molecule has 3 heteroatoms. The molecule has 1 heterocycles. The smallest absolute Gasteiger partial charge is 0.203 e. The van der Waals surface area contributed by atoms with E-state index < -0.39 is 0 Å². The van der Waals surface area contributed by atoms with Crippen LogP contribution in [0.4, 0.5) is 5.95 Å². The van der Waals surface area contributed by atoms with Crippen molar-refractivity contribution in [3.63, 3.8) is 0 Å². The largest absolute Gasteiger partial charge is 0.355 e. The van der Waals surface area contributed by atoms with E-state index in [1.54, 1.807) is 0 Å². The van der Waals surface area contributed by atoms with Gasteiger partial charge in [0.1, 0.15) is 0 Å². The van der Waals surface area contributed by atoms with Crippen molar-refractivity contribution in [3.05, 3.63) is 11.9 Å². The highest BCUT2D eigenvalue weighted by atomic mass is 15.2. The van der Waals surface area contributed by atoms with E-state index >= 15 is 0 Å². The molecule has 0 saturated carbocycles. The van der Waals surface area contributed by atoms with Gasteiger partial charge in [0.15, 0.2) is 0 Å². The van der Waals surface area contributed by atoms with Gasteiger partial charge in [0.25, 0.3) is 0 Å². The lowest BCUT2D eigenvalue weighted by Crippen LogP contribution is -2.24. The summed E-state index contributed by atoms with van der Waals surface area (Å²) >= 11 is 0. The van der Waals surface area contributed by atoms with Crippen molar-refractivity contribution in [3.8, 4) is 0 Å². The Hall–Kier alpha value is -0.990. The first-order valence-corrected chi connectivity index (χ1v) is 8.26. The minimum atomic E-state index is 0.338. The zero-order chi connectivity index (χ0) is 15.0. The number of unbranched alkanes of at least 4 members (excludes halogenated alkanes) is 3. The molecule has 1 N–H and O–H groups in total. The zero-order valence-corrected chi connectivity index (χ0v) is 14.1. The van der Waals surface area contributed by atoms with Crippen LogP contribution in [-0.2, 0) is 6.54 Å². The van der Waals surface area contributed by atoms with Gasteiger partial charge in [-0.2, -0.15) is 0 Å². The molecular formula is C17H33N3. The Kier molecular flexibility index (Phi) is 7.11. The first kappa shape index (κ1) is 17.1. The van der Waals surface area contributed by atoms with Crippen molar-refractivity contribution in [2.45, 2.75) is 79.7 Å². The van der Waals surface area contributed by atoms with E-state index in [-0.39, 0.29) is 0 Å². The quantitative estimate of drug-likeness (QED) is 0.610. The molecule has 116 valence electrons. The Morgan fingerprint density at radius 1 is 1.15 bits per heavy atom. The molecule has 0 amide bonds. The number of nitrogens with zero attached hydrogens (tertiary/aromatic N) is 2. The van der Waals surface area contributed by atoms with E-state index in [2.05, 4.69) is 55.7 Å². The lowest BCUT2D eigenvalue weighted by Gasteiger charge is -2.25.